The zero-order chi connectivity index (χ0) is 17.3. The predicted molar refractivity (Wildman–Crippen MR) is 106 cm³/mol. The van der Waals surface area contributed by atoms with Crippen LogP contribution in [0.25, 0.3) is 6.20 Å². The first kappa shape index (κ1) is 24.4. The quantitative estimate of drug-likeness (QED) is 0.272. The van der Waals surface area contributed by atoms with Gasteiger partial charge in [0.25, 0.3) is 0 Å². The Balaban J connectivity index is 0.00000576. The highest BCUT2D eigenvalue weighted by atomic mass is 79.9. The molecule has 0 atom stereocenters. The lowest BCUT2D eigenvalue weighted by molar-refractivity contribution is -0.696. The fraction of sp³-hybridized carbons (Fsp3) is 0.773. The van der Waals surface area contributed by atoms with Crippen molar-refractivity contribution in [3.63, 3.8) is 0 Å². The van der Waals surface area contributed by atoms with E-state index >= 15 is 0 Å². The van der Waals surface area contributed by atoms with Crippen molar-refractivity contribution < 1.29 is 21.5 Å². The zero-order valence-corrected chi connectivity index (χ0v) is 18.2. The normalized spacial score (nSPS) is 10.6. The first-order valence-corrected chi connectivity index (χ1v) is 10.6. The van der Waals surface area contributed by atoms with Gasteiger partial charge in [-0.05, 0) is 12.8 Å². The Morgan fingerprint density at radius 3 is 1.60 bits per heavy atom. The standard InChI is InChI=1S/C22H41N2.BrH/c1-3-5-6-7-8-9-10-11-12-13-14-15-16-17-18-19-24-21-20-23(4-2)22-24;/h4,20-22H,2-3,5-19H2,1H3;1H/q+1;/p-1. The minimum Gasteiger partial charge on any atom is -1.00 e. The van der Waals surface area contributed by atoms with E-state index in [9.17, 15) is 0 Å². The first-order chi connectivity index (χ1) is 11.9. The third-order valence-electron chi connectivity index (χ3n) is 4.94. The summed E-state index contributed by atoms with van der Waals surface area (Å²) in [6.07, 6.45) is 29.5. The smallest absolute Gasteiger partial charge is 0.248 e. The van der Waals surface area contributed by atoms with Crippen LogP contribution in [0.5, 0.6) is 0 Å². The number of hydrogen-bond acceptors (Lipinski definition) is 0. The Morgan fingerprint density at radius 2 is 1.20 bits per heavy atom. The number of nitrogens with zero attached hydrogens (tertiary/aromatic N) is 2. The topological polar surface area (TPSA) is 8.81 Å². The monoisotopic (exact) mass is 412 g/mol. The molecule has 0 fully saturated rings. The van der Waals surface area contributed by atoms with Crippen LogP contribution in [-0.4, -0.2) is 4.57 Å². The van der Waals surface area contributed by atoms with E-state index in [-0.39, 0.29) is 17.0 Å². The summed E-state index contributed by atoms with van der Waals surface area (Å²) < 4.78 is 4.26. The Kier molecular flexibility index (Phi) is 17.8. The molecule has 146 valence electrons. The van der Waals surface area contributed by atoms with E-state index in [2.05, 4.69) is 36.8 Å². The average molecular weight is 413 g/mol. The van der Waals surface area contributed by atoms with Crippen molar-refractivity contribution in [1.29, 1.82) is 0 Å². The van der Waals surface area contributed by atoms with Crippen molar-refractivity contribution in [3.05, 3.63) is 25.3 Å². The van der Waals surface area contributed by atoms with E-state index in [1.165, 1.54) is 96.3 Å². The SMILES string of the molecule is C=Cn1cc[n+](CCCCCCCCCCCCCCCCC)c1.[Br-]. The molecular formula is C22H41BrN2. The van der Waals surface area contributed by atoms with E-state index < -0.39 is 0 Å². The summed E-state index contributed by atoms with van der Waals surface area (Å²) in [6.45, 7) is 7.20. The Morgan fingerprint density at radius 1 is 0.760 bits per heavy atom. The van der Waals surface area contributed by atoms with Crippen molar-refractivity contribution in [2.75, 3.05) is 0 Å². The number of unbranched alkanes of at least 4 members (excludes halogenated alkanes) is 14. The lowest BCUT2D eigenvalue weighted by Gasteiger charge is -2.03. The van der Waals surface area contributed by atoms with Gasteiger partial charge >= 0.3 is 0 Å². The number of halogens is 1. The molecule has 0 spiro atoms. The van der Waals surface area contributed by atoms with Crippen LogP contribution in [0.15, 0.2) is 25.3 Å². The molecule has 0 aromatic carbocycles. The lowest BCUT2D eigenvalue weighted by Crippen LogP contribution is -3.00. The molecule has 3 heteroatoms. The number of aryl methyl sites for hydroxylation is 1. The summed E-state index contributed by atoms with van der Waals surface area (Å²) >= 11 is 0. The fourth-order valence-corrected chi connectivity index (χ4v) is 3.32. The number of rotatable bonds is 17. The minimum absolute atomic E-state index is 0. The Labute approximate surface area is 167 Å². The summed E-state index contributed by atoms with van der Waals surface area (Å²) in [5, 5.41) is 0. The van der Waals surface area contributed by atoms with Gasteiger partial charge in [-0.1, -0.05) is 97.0 Å². The molecule has 0 saturated carbocycles. The molecule has 1 aromatic rings. The van der Waals surface area contributed by atoms with Gasteiger partial charge in [0.05, 0.1) is 12.7 Å². The third kappa shape index (κ3) is 14.3. The van der Waals surface area contributed by atoms with Crippen molar-refractivity contribution >= 4 is 6.20 Å². The van der Waals surface area contributed by atoms with Gasteiger partial charge in [-0.2, -0.15) is 0 Å². The van der Waals surface area contributed by atoms with E-state index in [1.807, 2.05) is 10.8 Å². The maximum absolute atomic E-state index is 3.77. The summed E-state index contributed by atoms with van der Waals surface area (Å²) in [5.74, 6) is 0. The first-order valence-electron chi connectivity index (χ1n) is 10.6. The molecule has 1 rings (SSSR count). The van der Waals surface area contributed by atoms with Gasteiger partial charge in [0.2, 0.25) is 6.33 Å². The maximum Gasteiger partial charge on any atom is 0.248 e. The molecule has 1 heterocycles. The zero-order valence-electron chi connectivity index (χ0n) is 16.6. The van der Waals surface area contributed by atoms with E-state index in [0.29, 0.717) is 0 Å². The molecule has 25 heavy (non-hydrogen) atoms. The van der Waals surface area contributed by atoms with Crippen molar-refractivity contribution in [1.82, 2.24) is 4.57 Å². The molecule has 1 aromatic heterocycles. The highest BCUT2D eigenvalue weighted by Gasteiger charge is 2.00. The molecule has 0 aliphatic heterocycles. The molecule has 0 aliphatic carbocycles. The van der Waals surface area contributed by atoms with Gasteiger partial charge in [0, 0.05) is 0 Å². The molecule has 0 radical (unpaired) electrons. The van der Waals surface area contributed by atoms with Crippen LogP contribution in [-0.2, 0) is 6.54 Å². The maximum atomic E-state index is 3.77. The third-order valence-corrected chi connectivity index (χ3v) is 4.94. The highest BCUT2D eigenvalue weighted by molar-refractivity contribution is 5.12. The van der Waals surface area contributed by atoms with Crippen LogP contribution in [0.2, 0.25) is 0 Å². The number of imidazole rings is 1. The van der Waals surface area contributed by atoms with E-state index in [1.54, 1.807) is 0 Å². The Bertz CT molecular complexity index is 400. The van der Waals surface area contributed by atoms with E-state index in [0.717, 1.165) is 6.54 Å². The molecule has 0 unspecified atom stereocenters. The fourth-order valence-electron chi connectivity index (χ4n) is 3.32. The van der Waals surface area contributed by atoms with Gasteiger partial charge in [0.15, 0.2) is 0 Å². The van der Waals surface area contributed by atoms with Crippen molar-refractivity contribution in [2.45, 2.75) is 110 Å². The molecule has 0 amide bonds. The average Bonchev–Trinajstić information content (AvgIpc) is 3.06. The molecular weight excluding hydrogens is 372 g/mol. The van der Waals surface area contributed by atoms with Gasteiger partial charge in [0.1, 0.15) is 12.4 Å². The second kappa shape index (κ2) is 18.2. The van der Waals surface area contributed by atoms with E-state index in [4.69, 9.17) is 0 Å². The van der Waals surface area contributed by atoms with Gasteiger partial charge in [-0.3, -0.25) is 0 Å². The molecule has 0 N–H and O–H groups in total. The van der Waals surface area contributed by atoms with Gasteiger partial charge in [-0.15, -0.1) is 0 Å². The van der Waals surface area contributed by atoms with Crippen LogP contribution < -0.4 is 21.5 Å². The summed E-state index contributed by atoms with van der Waals surface area (Å²) in [4.78, 5) is 0. The summed E-state index contributed by atoms with van der Waals surface area (Å²) in [7, 11) is 0. The molecule has 0 saturated heterocycles. The second-order valence-electron chi connectivity index (χ2n) is 7.23. The minimum atomic E-state index is 0. The molecule has 0 bridgehead atoms. The lowest BCUT2D eigenvalue weighted by atomic mass is 10.0. The number of hydrogen-bond donors (Lipinski definition) is 0. The Hall–Kier alpha value is -0.570. The summed E-state index contributed by atoms with van der Waals surface area (Å²) in [5.41, 5.74) is 0. The van der Waals surface area contributed by atoms with Crippen LogP contribution in [0.4, 0.5) is 0 Å². The largest absolute Gasteiger partial charge is 1.00 e. The van der Waals surface area contributed by atoms with Crippen LogP contribution in [0.3, 0.4) is 0 Å². The van der Waals surface area contributed by atoms with Gasteiger partial charge in [-0.25, -0.2) is 9.13 Å². The predicted octanol–water partition coefficient (Wildman–Crippen LogP) is 3.75. The van der Waals surface area contributed by atoms with Crippen molar-refractivity contribution in [3.8, 4) is 0 Å². The summed E-state index contributed by atoms with van der Waals surface area (Å²) in [6, 6.07) is 0. The van der Waals surface area contributed by atoms with Crippen molar-refractivity contribution in [2.24, 2.45) is 0 Å². The molecule has 0 aliphatic rings. The van der Waals surface area contributed by atoms with Crippen LogP contribution in [0, 0.1) is 0 Å². The second-order valence-corrected chi connectivity index (χ2v) is 7.23. The molecule has 2 nitrogen and oxygen atoms in total. The van der Waals surface area contributed by atoms with Gasteiger partial charge < -0.3 is 17.0 Å². The van der Waals surface area contributed by atoms with Crippen LogP contribution in [0.1, 0.15) is 103 Å². The highest BCUT2D eigenvalue weighted by Crippen LogP contribution is 2.13. The van der Waals surface area contributed by atoms with Crippen LogP contribution >= 0.6 is 0 Å². The number of aromatic nitrogens is 2.